The van der Waals surface area contributed by atoms with Crippen molar-refractivity contribution in [1.29, 1.82) is 0 Å². The van der Waals surface area contributed by atoms with Crippen LogP contribution in [0.4, 0.5) is 0 Å². The van der Waals surface area contributed by atoms with E-state index in [4.69, 9.17) is 0 Å². The van der Waals surface area contributed by atoms with E-state index in [2.05, 4.69) is 92.7 Å². The molecule has 0 unspecified atom stereocenters. The largest absolute Gasteiger partial charge is 0.0649 e. The summed E-state index contributed by atoms with van der Waals surface area (Å²) in [5.41, 5.74) is 7.18. The zero-order valence-electron chi connectivity index (χ0n) is 16.0. The van der Waals surface area contributed by atoms with Crippen LogP contribution in [0, 0.1) is 5.92 Å². The van der Waals surface area contributed by atoms with E-state index in [9.17, 15) is 0 Å². The first-order chi connectivity index (χ1) is 13.2. The lowest BCUT2D eigenvalue weighted by molar-refractivity contribution is 0.638. The maximum atomic E-state index is 2.45. The molecule has 0 saturated heterocycles. The van der Waals surface area contributed by atoms with Crippen LogP contribution in [0.15, 0.2) is 78.4 Å². The van der Waals surface area contributed by atoms with Crippen molar-refractivity contribution >= 4 is 27.6 Å². The Morgan fingerprint density at radius 1 is 0.741 bits per heavy atom. The average molecular weight is 348 g/mol. The highest BCUT2D eigenvalue weighted by Crippen LogP contribution is 2.40. The molecule has 4 aromatic rings. The fourth-order valence-electron chi connectivity index (χ4n) is 4.60. The molecule has 0 N–H and O–H groups in total. The topological polar surface area (TPSA) is 0 Å². The first-order valence-corrected chi connectivity index (χ1v) is 9.93. The summed E-state index contributed by atoms with van der Waals surface area (Å²) >= 11 is 0. The molecule has 0 heterocycles. The predicted octanol–water partition coefficient (Wildman–Crippen LogP) is 7.65. The minimum absolute atomic E-state index is 0.704. The number of rotatable bonds is 3. The Balaban J connectivity index is 1.78. The Kier molecular flexibility index (Phi) is 3.86. The molecule has 4 aromatic carbocycles. The molecular weight excluding hydrogens is 324 g/mol. The molecular formula is C27H24. The van der Waals surface area contributed by atoms with Crippen molar-refractivity contribution in [3.8, 4) is 11.1 Å². The molecule has 5 rings (SSSR count). The number of fused-ring (bicyclic) bond motifs is 4. The Morgan fingerprint density at radius 2 is 1.48 bits per heavy atom. The highest BCUT2D eigenvalue weighted by Gasteiger charge is 2.18. The Labute approximate surface area is 161 Å². The second kappa shape index (κ2) is 6.39. The second-order valence-electron chi connectivity index (χ2n) is 8.15. The van der Waals surface area contributed by atoms with E-state index in [0.717, 1.165) is 6.42 Å². The normalized spacial score (nSPS) is 13.4. The smallest absolute Gasteiger partial charge is 0.00575 e. The standard InChI is InChI=1S/C27H24/c1-18(2)14-19-15-20-9-7-13-25(26(20)16-19)27-17-21-8-3-4-10-22(21)23-11-5-6-12-24(23)27/h3-13,16-18H,14-15H2,1-2H3. The Bertz CT molecular complexity index is 1190. The van der Waals surface area contributed by atoms with E-state index in [1.165, 1.54) is 50.2 Å². The van der Waals surface area contributed by atoms with E-state index < -0.39 is 0 Å². The molecule has 0 radical (unpaired) electrons. The van der Waals surface area contributed by atoms with Gasteiger partial charge in [-0.15, -0.1) is 0 Å². The fourth-order valence-corrected chi connectivity index (χ4v) is 4.60. The van der Waals surface area contributed by atoms with Gasteiger partial charge in [0.1, 0.15) is 0 Å². The van der Waals surface area contributed by atoms with Crippen LogP contribution in [-0.4, -0.2) is 0 Å². The van der Waals surface area contributed by atoms with E-state index in [1.54, 1.807) is 5.57 Å². The van der Waals surface area contributed by atoms with Gasteiger partial charge in [0.25, 0.3) is 0 Å². The minimum Gasteiger partial charge on any atom is -0.0649 e. The number of hydrogen-bond donors (Lipinski definition) is 0. The van der Waals surface area contributed by atoms with E-state index in [0.29, 0.717) is 5.92 Å². The van der Waals surface area contributed by atoms with Gasteiger partial charge in [0.15, 0.2) is 0 Å². The van der Waals surface area contributed by atoms with Gasteiger partial charge in [0, 0.05) is 0 Å². The zero-order valence-corrected chi connectivity index (χ0v) is 16.0. The van der Waals surface area contributed by atoms with Crippen LogP contribution in [0.1, 0.15) is 31.4 Å². The first kappa shape index (κ1) is 16.3. The molecule has 0 saturated carbocycles. The van der Waals surface area contributed by atoms with Crippen molar-refractivity contribution in [2.45, 2.75) is 26.7 Å². The zero-order chi connectivity index (χ0) is 18.4. The number of benzene rings is 4. The summed E-state index contributed by atoms with van der Waals surface area (Å²) in [5, 5.41) is 5.33. The molecule has 0 aliphatic heterocycles. The van der Waals surface area contributed by atoms with Gasteiger partial charge in [0.2, 0.25) is 0 Å². The van der Waals surface area contributed by atoms with Crippen LogP contribution in [-0.2, 0) is 6.42 Å². The molecule has 0 nitrogen and oxygen atoms in total. The summed E-state index contributed by atoms with van der Waals surface area (Å²) in [6.07, 6.45) is 4.74. The van der Waals surface area contributed by atoms with Crippen LogP contribution in [0.5, 0.6) is 0 Å². The molecule has 0 amide bonds. The summed E-state index contributed by atoms with van der Waals surface area (Å²) < 4.78 is 0. The molecule has 0 fully saturated rings. The average Bonchev–Trinajstić information content (AvgIpc) is 3.09. The summed E-state index contributed by atoms with van der Waals surface area (Å²) in [6.45, 7) is 4.61. The van der Waals surface area contributed by atoms with Crippen LogP contribution in [0.2, 0.25) is 0 Å². The molecule has 0 spiro atoms. The van der Waals surface area contributed by atoms with Crippen LogP contribution >= 0.6 is 0 Å². The quantitative estimate of drug-likeness (QED) is 0.334. The lowest BCUT2D eigenvalue weighted by atomic mass is 9.90. The molecule has 27 heavy (non-hydrogen) atoms. The van der Waals surface area contributed by atoms with Gasteiger partial charge in [-0.25, -0.2) is 0 Å². The molecule has 0 heteroatoms. The first-order valence-electron chi connectivity index (χ1n) is 9.93. The fraction of sp³-hybridized carbons (Fsp3) is 0.185. The van der Waals surface area contributed by atoms with E-state index in [-0.39, 0.29) is 0 Å². The molecule has 0 bridgehead atoms. The third kappa shape index (κ3) is 2.77. The van der Waals surface area contributed by atoms with Gasteiger partial charge >= 0.3 is 0 Å². The summed E-state index contributed by atoms with van der Waals surface area (Å²) in [6, 6.07) is 26.8. The van der Waals surface area contributed by atoms with Crippen LogP contribution in [0.25, 0.3) is 38.7 Å². The predicted molar refractivity (Wildman–Crippen MR) is 118 cm³/mol. The monoisotopic (exact) mass is 348 g/mol. The van der Waals surface area contributed by atoms with Crippen molar-refractivity contribution in [2.24, 2.45) is 5.92 Å². The van der Waals surface area contributed by atoms with Crippen molar-refractivity contribution in [1.82, 2.24) is 0 Å². The molecule has 0 atom stereocenters. The van der Waals surface area contributed by atoms with Crippen LogP contribution in [0.3, 0.4) is 0 Å². The number of allylic oxidation sites excluding steroid dienone is 1. The summed E-state index contributed by atoms with van der Waals surface area (Å²) in [5.74, 6) is 0.704. The molecule has 1 aliphatic rings. The highest BCUT2D eigenvalue weighted by atomic mass is 14.2. The van der Waals surface area contributed by atoms with Gasteiger partial charge in [-0.3, -0.25) is 0 Å². The second-order valence-corrected chi connectivity index (χ2v) is 8.15. The molecule has 0 aromatic heterocycles. The SMILES string of the molecule is CC(C)CC1=Cc2c(cccc2-c2cc3ccccc3c3ccccc23)C1. The summed E-state index contributed by atoms with van der Waals surface area (Å²) in [4.78, 5) is 0. The van der Waals surface area contributed by atoms with Crippen LogP contribution < -0.4 is 0 Å². The molecule has 1 aliphatic carbocycles. The Hall–Kier alpha value is -2.86. The van der Waals surface area contributed by atoms with Gasteiger partial charge in [-0.2, -0.15) is 0 Å². The maximum absolute atomic E-state index is 2.45. The third-order valence-electron chi connectivity index (χ3n) is 5.69. The minimum atomic E-state index is 0.704. The van der Waals surface area contributed by atoms with Crippen molar-refractivity contribution in [2.75, 3.05) is 0 Å². The number of hydrogen-bond acceptors (Lipinski definition) is 0. The van der Waals surface area contributed by atoms with Gasteiger partial charge in [0.05, 0.1) is 0 Å². The van der Waals surface area contributed by atoms with Gasteiger partial charge in [-0.1, -0.05) is 92.2 Å². The van der Waals surface area contributed by atoms with Crippen molar-refractivity contribution < 1.29 is 0 Å². The summed E-state index contributed by atoms with van der Waals surface area (Å²) in [7, 11) is 0. The highest BCUT2D eigenvalue weighted by molar-refractivity contribution is 6.14. The van der Waals surface area contributed by atoms with Gasteiger partial charge in [-0.05, 0) is 68.6 Å². The Morgan fingerprint density at radius 3 is 2.30 bits per heavy atom. The lowest BCUT2D eigenvalue weighted by Crippen LogP contribution is -1.92. The third-order valence-corrected chi connectivity index (χ3v) is 5.69. The van der Waals surface area contributed by atoms with Crippen molar-refractivity contribution in [3.05, 3.63) is 89.5 Å². The maximum Gasteiger partial charge on any atom is -0.00575 e. The van der Waals surface area contributed by atoms with E-state index in [1.807, 2.05) is 0 Å². The lowest BCUT2D eigenvalue weighted by Gasteiger charge is -2.13. The van der Waals surface area contributed by atoms with Gasteiger partial charge < -0.3 is 0 Å². The molecule has 132 valence electrons. The van der Waals surface area contributed by atoms with Crippen molar-refractivity contribution in [3.63, 3.8) is 0 Å². The van der Waals surface area contributed by atoms with E-state index >= 15 is 0 Å².